The van der Waals surface area contributed by atoms with Crippen LogP contribution in [0.25, 0.3) is 0 Å². The van der Waals surface area contributed by atoms with Gasteiger partial charge in [-0.3, -0.25) is 14.5 Å². The molecule has 0 radical (unpaired) electrons. The summed E-state index contributed by atoms with van der Waals surface area (Å²) in [6.45, 7) is 6.73. The molecule has 2 aliphatic heterocycles. The van der Waals surface area contributed by atoms with Gasteiger partial charge in [-0.2, -0.15) is 0 Å². The van der Waals surface area contributed by atoms with Crippen LogP contribution in [-0.4, -0.2) is 61.7 Å². The van der Waals surface area contributed by atoms with Crippen molar-refractivity contribution in [1.29, 1.82) is 0 Å². The fraction of sp³-hybridized carbons (Fsp3) is 0.524. The van der Waals surface area contributed by atoms with Gasteiger partial charge < -0.3 is 15.3 Å². The number of anilines is 2. The molecule has 0 unspecified atom stereocenters. The third-order valence-corrected chi connectivity index (χ3v) is 7.85. The van der Waals surface area contributed by atoms with Crippen LogP contribution >= 0.6 is 0 Å². The molecule has 2 amide bonds. The van der Waals surface area contributed by atoms with Crippen molar-refractivity contribution in [3.8, 4) is 0 Å². The lowest BCUT2D eigenvalue weighted by Gasteiger charge is -2.32. The molecule has 1 aromatic carbocycles. The second-order valence-electron chi connectivity index (χ2n) is 8.15. The van der Waals surface area contributed by atoms with Crippen molar-refractivity contribution in [2.24, 2.45) is 5.92 Å². The van der Waals surface area contributed by atoms with Crippen molar-refractivity contribution in [3.05, 3.63) is 30.0 Å². The smallest absolute Gasteiger partial charge is 0.277 e. The average molecular weight is 436 g/mol. The number of β-amino-alcohol motifs (C(OH)–C–C–N with tert-alkyl or cyclic N) is 1. The largest absolute Gasteiger partial charge is 0.395 e. The highest BCUT2D eigenvalue weighted by Crippen LogP contribution is 2.33. The number of nitrogens with zero attached hydrogens (tertiary/aromatic N) is 2. The van der Waals surface area contributed by atoms with Crippen LogP contribution in [0.1, 0.15) is 33.6 Å². The second kappa shape index (κ2) is 8.77. The summed E-state index contributed by atoms with van der Waals surface area (Å²) in [5, 5.41) is 11.3. The monoisotopic (exact) mass is 435 g/mol. The highest BCUT2D eigenvalue weighted by molar-refractivity contribution is 7.92. The summed E-state index contributed by atoms with van der Waals surface area (Å²) in [6.07, 6.45) is 3.26. The van der Waals surface area contributed by atoms with E-state index < -0.39 is 26.9 Å². The van der Waals surface area contributed by atoms with E-state index in [1.165, 1.54) is 0 Å². The van der Waals surface area contributed by atoms with E-state index >= 15 is 0 Å². The van der Waals surface area contributed by atoms with Crippen LogP contribution in [0.3, 0.4) is 0 Å². The van der Waals surface area contributed by atoms with Crippen LogP contribution in [0.5, 0.6) is 0 Å². The number of imide groups is 1. The Morgan fingerprint density at radius 2 is 1.87 bits per heavy atom. The van der Waals surface area contributed by atoms with Gasteiger partial charge in [0.1, 0.15) is 5.70 Å². The van der Waals surface area contributed by atoms with E-state index in [0.29, 0.717) is 5.92 Å². The molecule has 0 bridgehead atoms. The summed E-state index contributed by atoms with van der Waals surface area (Å²) < 4.78 is 25.8. The summed E-state index contributed by atoms with van der Waals surface area (Å²) in [6, 6.07) is 5.10. The second-order valence-corrected chi connectivity index (χ2v) is 10.6. The summed E-state index contributed by atoms with van der Waals surface area (Å²) in [4.78, 5) is 27.8. The molecule has 1 fully saturated rings. The predicted molar refractivity (Wildman–Crippen MR) is 115 cm³/mol. The van der Waals surface area contributed by atoms with Gasteiger partial charge in [0.25, 0.3) is 11.8 Å². The van der Waals surface area contributed by atoms with Gasteiger partial charge in [-0.15, -0.1) is 0 Å². The first-order valence-electron chi connectivity index (χ1n) is 10.2. The fourth-order valence-corrected chi connectivity index (χ4v) is 4.82. The van der Waals surface area contributed by atoms with E-state index in [0.717, 1.165) is 42.6 Å². The molecule has 2 aliphatic rings. The lowest BCUT2D eigenvalue weighted by molar-refractivity contribution is -0.137. The number of nitrogens with one attached hydrogen (secondary N) is 1. The quantitative estimate of drug-likeness (QED) is 0.629. The molecule has 8 nitrogen and oxygen atoms in total. The molecule has 9 heteroatoms. The molecule has 2 heterocycles. The van der Waals surface area contributed by atoms with Gasteiger partial charge in [0.2, 0.25) is 0 Å². The molecule has 0 saturated carbocycles. The number of benzene rings is 1. The third kappa shape index (κ3) is 4.37. The van der Waals surface area contributed by atoms with Gasteiger partial charge in [0.05, 0.1) is 29.0 Å². The summed E-state index contributed by atoms with van der Waals surface area (Å²) in [7, 11) is -3.62. The Morgan fingerprint density at radius 3 is 2.47 bits per heavy atom. The van der Waals surface area contributed by atoms with E-state index in [4.69, 9.17) is 5.11 Å². The summed E-state index contributed by atoms with van der Waals surface area (Å²) >= 11 is 0. The number of sulfone groups is 1. The topological polar surface area (TPSA) is 107 Å². The van der Waals surface area contributed by atoms with Gasteiger partial charge >= 0.3 is 0 Å². The van der Waals surface area contributed by atoms with Crippen molar-refractivity contribution < 1.29 is 23.1 Å². The zero-order chi connectivity index (χ0) is 22.1. The highest BCUT2D eigenvalue weighted by atomic mass is 32.2. The lowest BCUT2D eigenvalue weighted by atomic mass is 9.99. The summed E-state index contributed by atoms with van der Waals surface area (Å²) in [5.74, 6) is -0.464. The number of piperidine rings is 1. The van der Waals surface area contributed by atoms with Gasteiger partial charge in [-0.05, 0) is 50.8 Å². The molecule has 2 N–H and O–H groups in total. The normalized spacial score (nSPS) is 18.4. The Labute approximate surface area is 177 Å². The maximum Gasteiger partial charge on any atom is 0.277 e. The molecule has 1 aromatic rings. The van der Waals surface area contributed by atoms with Crippen LogP contribution in [0.2, 0.25) is 0 Å². The number of aliphatic hydroxyl groups is 1. The predicted octanol–water partition coefficient (Wildman–Crippen LogP) is 1.76. The maximum atomic E-state index is 12.9. The van der Waals surface area contributed by atoms with E-state index in [-0.39, 0.29) is 29.4 Å². The van der Waals surface area contributed by atoms with Crippen LogP contribution in [0.15, 0.2) is 34.9 Å². The molecular formula is C21H29N3O5S. The Hall–Kier alpha value is -2.39. The third-order valence-electron chi connectivity index (χ3n) is 5.64. The van der Waals surface area contributed by atoms with E-state index in [2.05, 4.69) is 17.1 Å². The Morgan fingerprint density at radius 1 is 1.20 bits per heavy atom. The minimum atomic E-state index is -3.62. The number of amides is 2. The number of carbonyl (C=O) groups excluding carboxylic acids is 2. The molecule has 1 saturated heterocycles. The summed E-state index contributed by atoms with van der Waals surface area (Å²) in [5.41, 5.74) is 1.15. The van der Waals surface area contributed by atoms with Crippen molar-refractivity contribution in [1.82, 2.24) is 4.90 Å². The van der Waals surface area contributed by atoms with Crippen molar-refractivity contribution in [3.63, 3.8) is 0 Å². The molecule has 0 spiro atoms. The van der Waals surface area contributed by atoms with Gasteiger partial charge in [0, 0.05) is 24.9 Å². The average Bonchev–Trinajstić information content (AvgIpc) is 2.96. The Balaban J connectivity index is 1.97. The molecule has 3 rings (SSSR count). The minimum Gasteiger partial charge on any atom is -0.395 e. The van der Waals surface area contributed by atoms with Crippen molar-refractivity contribution >= 4 is 33.0 Å². The van der Waals surface area contributed by atoms with Gasteiger partial charge in [-0.25, -0.2) is 8.42 Å². The van der Waals surface area contributed by atoms with Gasteiger partial charge in [0.15, 0.2) is 9.84 Å². The number of carbonyl (C=O) groups is 2. The number of hydrogen-bond donors (Lipinski definition) is 2. The Kier molecular flexibility index (Phi) is 6.52. The Bertz CT molecular complexity index is 963. The number of rotatable bonds is 7. The van der Waals surface area contributed by atoms with Crippen LogP contribution < -0.4 is 10.2 Å². The minimum absolute atomic E-state index is 0.00178. The first-order valence-corrected chi connectivity index (χ1v) is 11.8. The van der Waals surface area contributed by atoms with Crippen LogP contribution in [0.4, 0.5) is 11.4 Å². The van der Waals surface area contributed by atoms with E-state index in [9.17, 15) is 18.0 Å². The van der Waals surface area contributed by atoms with E-state index in [1.807, 2.05) is 0 Å². The van der Waals surface area contributed by atoms with E-state index in [1.54, 1.807) is 32.0 Å². The van der Waals surface area contributed by atoms with Crippen LogP contribution in [0, 0.1) is 5.92 Å². The molecular weight excluding hydrogens is 406 g/mol. The first-order chi connectivity index (χ1) is 14.1. The standard InChI is InChI=1S/C21H29N3O5S/c1-14(2)30(28,29)19-5-4-16(23-8-6-15(3)7-9-23)12-17(19)22-18-13-20(26)24(10-11-25)21(18)27/h4-5,12-15,22,25H,6-11H2,1-3H3. The zero-order valence-corrected chi connectivity index (χ0v) is 18.4. The molecule has 0 atom stereocenters. The molecule has 164 valence electrons. The molecule has 0 aliphatic carbocycles. The number of aliphatic hydroxyl groups excluding tert-OH is 1. The number of hydrogen-bond acceptors (Lipinski definition) is 7. The molecule has 0 aromatic heterocycles. The highest BCUT2D eigenvalue weighted by Gasteiger charge is 2.32. The van der Waals surface area contributed by atoms with Crippen molar-refractivity contribution in [2.75, 3.05) is 36.5 Å². The first kappa shape index (κ1) is 22.3. The van der Waals surface area contributed by atoms with Crippen molar-refractivity contribution in [2.45, 2.75) is 43.8 Å². The SMILES string of the molecule is CC1CCN(c2ccc(S(=O)(=O)C(C)C)c(NC3=CC(=O)N(CCO)C3=O)c2)CC1. The van der Waals surface area contributed by atoms with Crippen LogP contribution in [-0.2, 0) is 19.4 Å². The zero-order valence-electron chi connectivity index (χ0n) is 17.6. The maximum absolute atomic E-state index is 12.9. The van der Waals surface area contributed by atoms with Gasteiger partial charge in [-0.1, -0.05) is 6.92 Å². The lowest BCUT2D eigenvalue weighted by Crippen LogP contribution is -2.34. The fourth-order valence-electron chi connectivity index (χ4n) is 3.64. The molecule has 30 heavy (non-hydrogen) atoms.